The van der Waals surface area contributed by atoms with E-state index in [1.165, 1.54) is 11.8 Å². The summed E-state index contributed by atoms with van der Waals surface area (Å²) in [7, 11) is -3.41. The first-order valence-corrected chi connectivity index (χ1v) is 13.8. The number of hydrogen-bond acceptors (Lipinski definition) is 8. The topological polar surface area (TPSA) is 69.6 Å². The summed E-state index contributed by atoms with van der Waals surface area (Å²) in [6, 6.07) is 5.65. The van der Waals surface area contributed by atoms with Gasteiger partial charge >= 0.3 is 0 Å². The number of hydrogen-bond donors (Lipinski definition) is 0. The Morgan fingerprint density at radius 1 is 0.968 bits per heavy atom. The Kier molecular flexibility index (Phi) is 6.07. The van der Waals surface area contributed by atoms with E-state index in [1.807, 2.05) is 6.07 Å². The quantitative estimate of drug-likeness (QED) is 0.544. The van der Waals surface area contributed by atoms with Crippen molar-refractivity contribution in [1.82, 2.24) is 19.2 Å². The molecule has 2 aliphatic heterocycles. The van der Waals surface area contributed by atoms with E-state index in [9.17, 15) is 8.42 Å². The summed E-state index contributed by atoms with van der Waals surface area (Å²) in [5, 5.41) is 7.46. The lowest BCUT2D eigenvalue weighted by atomic mass is 10.3. The summed E-state index contributed by atoms with van der Waals surface area (Å²) in [5.41, 5.74) is 2.32. The van der Waals surface area contributed by atoms with Gasteiger partial charge in [-0.15, -0.1) is 11.3 Å². The number of thiazole rings is 1. The van der Waals surface area contributed by atoms with Crippen molar-refractivity contribution >= 4 is 38.5 Å². The summed E-state index contributed by atoms with van der Waals surface area (Å²) in [6.07, 6.45) is 3.38. The minimum atomic E-state index is -3.41. The first-order chi connectivity index (χ1) is 15.1. The third-order valence-corrected chi connectivity index (χ3v) is 9.33. The maximum Gasteiger partial charge on any atom is 0.244 e. The second-order valence-electron chi connectivity index (χ2n) is 7.88. The van der Waals surface area contributed by atoms with Crippen LogP contribution in [0.5, 0.6) is 0 Å². The first kappa shape index (κ1) is 21.0. The molecular weight excluding hydrogens is 450 g/mol. The van der Waals surface area contributed by atoms with Crippen molar-refractivity contribution in [3.05, 3.63) is 46.2 Å². The van der Waals surface area contributed by atoms with Crippen LogP contribution in [-0.4, -0.2) is 66.9 Å². The zero-order valence-corrected chi connectivity index (χ0v) is 19.6. The van der Waals surface area contributed by atoms with Crippen molar-refractivity contribution in [3.63, 3.8) is 0 Å². The standard InChI is InChI=1S/C21H25N5O2S3/c27-31(28,26-6-1-2-7-26)19-3-4-20(22-13-19)25-10-8-24(9-11-25)14-18-16-30-21(23-18)17-5-12-29-15-17/h3-5,12-13,15-16H,1-2,6-11,14H2. The molecule has 7 nitrogen and oxygen atoms in total. The Hall–Kier alpha value is -1.85. The highest BCUT2D eigenvalue weighted by molar-refractivity contribution is 7.89. The summed E-state index contributed by atoms with van der Waals surface area (Å²) >= 11 is 3.40. The fourth-order valence-electron chi connectivity index (χ4n) is 4.05. The van der Waals surface area contributed by atoms with Crippen LogP contribution < -0.4 is 4.90 Å². The highest BCUT2D eigenvalue weighted by Gasteiger charge is 2.28. The van der Waals surface area contributed by atoms with Crippen molar-refractivity contribution < 1.29 is 8.42 Å². The van der Waals surface area contributed by atoms with E-state index in [0.29, 0.717) is 18.0 Å². The molecule has 0 aromatic carbocycles. The molecule has 0 atom stereocenters. The van der Waals surface area contributed by atoms with Gasteiger partial charge < -0.3 is 4.90 Å². The minimum absolute atomic E-state index is 0.293. The normalized spacial score (nSPS) is 18.6. The Bertz CT molecular complexity index is 1100. The van der Waals surface area contributed by atoms with E-state index in [4.69, 9.17) is 4.98 Å². The van der Waals surface area contributed by atoms with Gasteiger partial charge in [0.15, 0.2) is 0 Å². The number of rotatable bonds is 6. The summed E-state index contributed by atoms with van der Waals surface area (Å²) < 4.78 is 26.9. The highest BCUT2D eigenvalue weighted by Crippen LogP contribution is 2.27. The van der Waals surface area contributed by atoms with Gasteiger partial charge in [-0.25, -0.2) is 18.4 Å². The van der Waals surface area contributed by atoms with Crippen LogP contribution in [0.25, 0.3) is 10.6 Å². The number of nitrogens with zero attached hydrogens (tertiary/aromatic N) is 5. The molecule has 0 bridgehead atoms. The lowest BCUT2D eigenvalue weighted by molar-refractivity contribution is 0.247. The molecule has 5 rings (SSSR count). The molecule has 0 aliphatic carbocycles. The molecular formula is C21H25N5O2S3. The average Bonchev–Trinajstić information content (AvgIpc) is 3.57. The molecule has 2 saturated heterocycles. The molecule has 0 amide bonds. The molecule has 3 aromatic heterocycles. The molecule has 164 valence electrons. The Morgan fingerprint density at radius 2 is 1.77 bits per heavy atom. The van der Waals surface area contributed by atoms with Crippen LogP contribution in [0.4, 0.5) is 5.82 Å². The van der Waals surface area contributed by atoms with Crippen molar-refractivity contribution in [2.75, 3.05) is 44.2 Å². The van der Waals surface area contributed by atoms with E-state index >= 15 is 0 Å². The maximum absolute atomic E-state index is 12.7. The minimum Gasteiger partial charge on any atom is -0.354 e. The molecule has 31 heavy (non-hydrogen) atoms. The van der Waals surface area contributed by atoms with Gasteiger partial charge in [0.05, 0.1) is 5.69 Å². The lowest BCUT2D eigenvalue weighted by Gasteiger charge is -2.35. The zero-order chi connectivity index (χ0) is 21.3. The fraction of sp³-hybridized carbons (Fsp3) is 0.429. The first-order valence-electron chi connectivity index (χ1n) is 10.5. The number of piperazine rings is 1. The van der Waals surface area contributed by atoms with Crippen LogP contribution >= 0.6 is 22.7 Å². The molecule has 0 N–H and O–H groups in total. The van der Waals surface area contributed by atoms with Gasteiger partial charge in [0.25, 0.3) is 0 Å². The van der Waals surface area contributed by atoms with Crippen LogP contribution in [-0.2, 0) is 16.6 Å². The highest BCUT2D eigenvalue weighted by atomic mass is 32.2. The molecule has 0 saturated carbocycles. The van der Waals surface area contributed by atoms with E-state index in [-0.39, 0.29) is 0 Å². The smallest absolute Gasteiger partial charge is 0.244 e. The fourth-order valence-corrected chi connectivity index (χ4v) is 7.04. The van der Waals surface area contributed by atoms with Gasteiger partial charge in [-0.2, -0.15) is 15.6 Å². The average molecular weight is 476 g/mol. The van der Waals surface area contributed by atoms with Crippen LogP contribution in [0.15, 0.2) is 45.4 Å². The SMILES string of the molecule is O=S(=O)(c1ccc(N2CCN(Cc3csc(-c4ccsc4)n3)CC2)nc1)N1CCCC1. The largest absolute Gasteiger partial charge is 0.354 e. The van der Waals surface area contributed by atoms with Crippen molar-refractivity contribution in [3.8, 4) is 10.6 Å². The lowest BCUT2D eigenvalue weighted by Crippen LogP contribution is -2.46. The molecule has 2 fully saturated rings. The van der Waals surface area contributed by atoms with Gasteiger partial charge in [-0.05, 0) is 36.4 Å². The Balaban J connectivity index is 1.17. The summed E-state index contributed by atoms with van der Waals surface area (Å²) in [5.74, 6) is 0.841. The van der Waals surface area contributed by atoms with Crippen molar-refractivity contribution in [2.45, 2.75) is 24.3 Å². The van der Waals surface area contributed by atoms with E-state index in [2.05, 4.69) is 37.0 Å². The number of pyridine rings is 1. The summed E-state index contributed by atoms with van der Waals surface area (Å²) in [6.45, 7) is 5.68. The molecule has 0 spiro atoms. The van der Waals surface area contributed by atoms with Gasteiger partial charge in [0.1, 0.15) is 15.7 Å². The number of aromatic nitrogens is 2. The molecule has 3 aromatic rings. The Morgan fingerprint density at radius 3 is 2.45 bits per heavy atom. The van der Waals surface area contributed by atoms with E-state index in [0.717, 1.165) is 62.1 Å². The van der Waals surface area contributed by atoms with Crippen LogP contribution in [0.2, 0.25) is 0 Å². The Labute approximate surface area is 191 Å². The van der Waals surface area contributed by atoms with Gasteiger partial charge in [0.2, 0.25) is 10.0 Å². The second kappa shape index (κ2) is 8.95. The summed E-state index contributed by atoms with van der Waals surface area (Å²) in [4.78, 5) is 14.2. The van der Waals surface area contributed by atoms with Crippen molar-refractivity contribution in [1.29, 1.82) is 0 Å². The molecule has 0 radical (unpaired) electrons. The third-order valence-electron chi connectivity index (χ3n) is 5.83. The molecule has 10 heteroatoms. The van der Waals surface area contributed by atoms with E-state index < -0.39 is 10.0 Å². The second-order valence-corrected chi connectivity index (χ2v) is 11.5. The number of thiophene rings is 1. The monoisotopic (exact) mass is 475 g/mol. The number of sulfonamides is 1. The predicted octanol–water partition coefficient (Wildman–Crippen LogP) is 3.37. The van der Waals surface area contributed by atoms with Gasteiger partial charge in [-0.3, -0.25) is 4.90 Å². The molecule has 2 aliphatic rings. The van der Waals surface area contributed by atoms with Gasteiger partial charge in [0, 0.05) is 68.3 Å². The van der Waals surface area contributed by atoms with E-state index in [1.54, 1.807) is 33.0 Å². The zero-order valence-electron chi connectivity index (χ0n) is 17.2. The molecule has 5 heterocycles. The third kappa shape index (κ3) is 4.54. The van der Waals surface area contributed by atoms with Gasteiger partial charge in [-0.1, -0.05) is 0 Å². The van der Waals surface area contributed by atoms with Crippen LogP contribution in [0, 0.1) is 0 Å². The maximum atomic E-state index is 12.7. The van der Waals surface area contributed by atoms with Crippen LogP contribution in [0.1, 0.15) is 18.5 Å². The predicted molar refractivity (Wildman–Crippen MR) is 125 cm³/mol. The van der Waals surface area contributed by atoms with Crippen molar-refractivity contribution in [2.24, 2.45) is 0 Å². The van der Waals surface area contributed by atoms with Crippen LogP contribution in [0.3, 0.4) is 0 Å². The number of anilines is 1. The molecule has 0 unspecified atom stereocenters.